The average molecular weight is 283 g/mol. The lowest BCUT2D eigenvalue weighted by Crippen LogP contribution is -2.35. The van der Waals surface area contributed by atoms with E-state index in [1.165, 1.54) is 0 Å². The van der Waals surface area contributed by atoms with Crippen LogP contribution in [-0.2, 0) is 10.0 Å². The van der Waals surface area contributed by atoms with Crippen molar-refractivity contribution >= 4 is 15.7 Å². The topological polar surface area (TPSA) is 66.6 Å². The first-order valence-corrected chi connectivity index (χ1v) is 7.90. The highest BCUT2D eigenvalue weighted by molar-refractivity contribution is 7.89. The van der Waals surface area contributed by atoms with Gasteiger partial charge in [-0.3, -0.25) is 0 Å². The van der Waals surface area contributed by atoms with Gasteiger partial charge in [-0.1, -0.05) is 12.1 Å². The SMILES string of the molecule is Cc1cccc(N)c1S(=O)(=O)N1CCCN(C)CC1. The first-order valence-electron chi connectivity index (χ1n) is 6.46. The average Bonchev–Trinajstić information content (AvgIpc) is 2.53. The summed E-state index contributed by atoms with van der Waals surface area (Å²) in [7, 11) is -1.48. The van der Waals surface area contributed by atoms with E-state index in [2.05, 4.69) is 4.90 Å². The Morgan fingerprint density at radius 1 is 1.16 bits per heavy atom. The van der Waals surface area contributed by atoms with E-state index >= 15 is 0 Å². The van der Waals surface area contributed by atoms with Crippen LogP contribution in [0.3, 0.4) is 0 Å². The Kier molecular flexibility index (Phi) is 4.13. The number of hydrogen-bond acceptors (Lipinski definition) is 4. The number of likely N-dealkylation sites (N-methyl/N-ethyl adjacent to an activating group) is 1. The molecule has 1 aromatic rings. The molecule has 0 saturated carbocycles. The number of aryl methyl sites for hydroxylation is 1. The number of nitrogen functional groups attached to an aromatic ring is 1. The van der Waals surface area contributed by atoms with Gasteiger partial charge in [0.15, 0.2) is 0 Å². The largest absolute Gasteiger partial charge is 0.398 e. The lowest BCUT2D eigenvalue weighted by Gasteiger charge is -2.22. The maximum absolute atomic E-state index is 12.7. The van der Waals surface area contributed by atoms with E-state index in [1.54, 1.807) is 29.4 Å². The van der Waals surface area contributed by atoms with Crippen LogP contribution in [0.4, 0.5) is 5.69 Å². The van der Waals surface area contributed by atoms with Crippen molar-refractivity contribution in [1.29, 1.82) is 0 Å². The molecule has 0 radical (unpaired) electrons. The molecule has 6 heteroatoms. The smallest absolute Gasteiger partial charge is 0.245 e. The summed E-state index contributed by atoms with van der Waals surface area (Å²) >= 11 is 0. The van der Waals surface area contributed by atoms with Gasteiger partial charge in [-0.15, -0.1) is 0 Å². The van der Waals surface area contributed by atoms with Crippen LogP contribution in [0.25, 0.3) is 0 Å². The molecule has 1 aromatic carbocycles. The molecule has 1 heterocycles. The zero-order valence-corrected chi connectivity index (χ0v) is 12.3. The molecule has 0 bridgehead atoms. The fourth-order valence-electron chi connectivity index (χ4n) is 2.42. The number of hydrogen-bond donors (Lipinski definition) is 1. The van der Waals surface area contributed by atoms with E-state index in [4.69, 9.17) is 5.73 Å². The zero-order chi connectivity index (χ0) is 14.0. The maximum Gasteiger partial charge on any atom is 0.245 e. The van der Waals surface area contributed by atoms with Gasteiger partial charge in [0.2, 0.25) is 10.0 Å². The van der Waals surface area contributed by atoms with E-state index < -0.39 is 10.0 Å². The zero-order valence-electron chi connectivity index (χ0n) is 11.5. The molecule has 0 spiro atoms. The lowest BCUT2D eigenvalue weighted by atomic mass is 10.2. The van der Waals surface area contributed by atoms with Gasteiger partial charge in [0.05, 0.1) is 5.69 Å². The van der Waals surface area contributed by atoms with Crippen LogP contribution in [0.1, 0.15) is 12.0 Å². The standard InChI is InChI=1S/C13H21N3O2S/c1-11-5-3-6-12(14)13(11)19(17,18)16-8-4-7-15(2)9-10-16/h3,5-6H,4,7-10,14H2,1-2H3. The number of nitrogens with zero attached hydrogens (tertiary/aromatic N) is 2. The van der Waals surface area contributed by atoms with E-state index in [0.29, 0.717) is 24.3 Å². The monoisotopic (exact) mass is 283 g/mol. The number of rotatable bonds is 2. The molecule has 5 nitrogen and oxygen atoms in total. The van der Waals surface area contributed by atoms with Crippen molar-refractivity contribution in [3.8, 4) is 0 Å². The third kappa shape index (κ3) is 2.91. The molecule has 2 rings (SSSR count). The molecule has 0 aromatic heterocycles. The third-order valence-electron chi connectivity index (χ3n) is 3.52. The minimum absolute atomic E-state index is 0.263. The highest BCUT2D eigenvalue weighted by atomic mass is 32.2. The van der Waals surface area contributed by atoms with E-state index in [0.717, 1.165) is 19.5 Å². The van der Waals surface area contributed by atoms with Gasteiger partial charge in [-0.25, -0.2) is 8.42 Å². The van der Waals surface area contributed by atoms with Crippen LogP contribution in [0.2, 0.25) is 0 Å². The molecule has 1 aliphatic rings. The lowest BCUT2D eigenvalue weighted by molar-refractivity contribution is 0.347. The molecule has 0 unspecified atom stereocenters. The van der Waals surface area contributed by atoms with Gasteiger partial charge in [-0.2, -0.15) is 4.31 Å². The van der Waals surface area contributed by atoms with Crippen molar-refractivity contribution < 1.29 is 8.42 Å². The van der Waals surface area contributed by atoms with E-state index in [9.17, 15) is 8.42 Å². The Bertz CT molecular complexity index is 537. The maximum atomic E-state index is 12.7. The minimum atomic E-state index is -3.49. The molecule has 1 aliphatic heterocycles. The predicted molar refractivity (Wildman–Crippen MR) is 76.5 cm³/mol. The number of nitrogens with two attached hydrogens (primary N) is 1. The van der Waals surface area contributed by atoms with Crippen LogP contribution in [-0.4, -0.2) is 50.8 Å². The fraction of sp³-hybridized carbons (Fsp3) is 0.538. The molecule has 106 valence electrons. The first-order chi connectivity index (χ1) is 8.93. The van der Waals surface area contributed by atoms with E-state index in [-0.39, 0.29) is 4.90 Å². The van der Waals surface area contributed by atoms with Gasteiger partial charge >= 0.3 is 0 Å². The van der Waals surface area contributed by atoms with Crippen LogP contribution < -0.4 is 5.73 Å². The number of benzene rings is 1. The Morgan fingerprint density at radius 2 is 1.89 bits per heavy atom. The number of anilines is 1. The van der Waals surface area contributed by atoms with Crippen molar-refractivity contribution in [3.05, 3.63) is 23.8 Å². The molecular formula is C13H21N3O2S. The van der Waals surface area contributed by atoms with Crippen molar-refractivity contribution in [2.24, 2.45) is 0 Å². The van der Waals surface area contributed by atoms with Gasteiger partial charge < -0.3 is 10.6 Å². The molecule has 1 fully saturated rings. The van der Waals surface area contributed by atoms with Crippen LogP contribution in [0.15, 0.2) is 23.1 Å². The van der Waals surface area contributed by atoms with Crippen LogP contribution >= 0.6 is 0 Å². The summed E-state index contributed by atoms with van der Waals surface area (Å²) in [6.07, 6.45) is 0.849. The van der Waals surface area contributed by atoms with Crippen LogP contribution in [0.5, 0.6) is 0 Å². The summed E-state index contributed by atoms with van der Waals surface area (Å²) in [5.41, 5.74) is 6.90. The van der Waals surface area contributed by atoms with E-state index in [1.807, 2.05) is 7.05 Å². The second kappa shape index (κ2) is 5.48. The highest BCUT2D eigenvalue weighted by Crippen LogP contribution is 2.26. The molecule has 0 aliphatic carbocycles. The fourth-order valence-corrected chi connectivity index (χ4v) is 4.21. The van der Waals surface area contributed by atoms with Crippen LogP contribution in [0, 0.1) is 6.92 Å². The second-order valence-corrected chi connectivity index (χ2v) is 6.93. The summed E-state index contributed by atoms with van der Waals surface area (Å²) in [5, 5.41) is 0. The summed E-state index contributed by atoms with van der Waals surface area (Å²) in [5.74, 6) is 0. The predicted octanol–water partition coefficient (Wildman–Crippen LogP) is 0.903. The normalized spacial score (nSPS) is 19.3. The first kappa shape index (κ1) is 14.3. The molecule has 0 amide bonds. The van der Waals surface area contributed by atoms with Gasteiger partial charge in [0.1, 0.15) is 4.90 Å². The quantitative estimate of drug-likeness (QED) is 0.819. The second-order valence-electron chi connectivity index (χ2n) is 5.05. The van der Waals surface area contributed by atoms with Crippen molar-refractivity contribution in [2.45, 2.75) is 18.2 Å². The molecule has 2 N–H and O–H groups in total. The highest BCUT2D eigenvalue weighted by Gasteiger charge is 2.29. The Morgan fingerprint density at radius 3 is 2.58 bits per heavy atom. The van der Waals surface area contributed by atoms with Crippen molar-refractivity contribution in [3.63, 3.8) is 0 Å². The van der Waals surface area contributed by atoms with Gasteiger partial charge in [-0.05, 0) is 38.6 Å². The third-order valence-corrected chi connectivity index (χ3v) is 5.64. The van der Waals surface area contributed by atoms with Crippen molar-refractivity contribution in [1.82, 2.24) is 9.21 Å². The summed E-state index contributed by atoms with van der Waals surface area (Å²) in [6.45, 7) is 4.54. The summed E-state index contributed by atoms with van der Waals surface area (Å²) in [4.78, 5) is 2.41. The summed E-state index contributed by atoms with van der Waals surface area (Å²) < 4.78 is 27.0. The molecular weight excluding hydrogens is 262 g/mol. The molecule has 0 atom stereocenters. The Hall–Kier alpha value is -1.11. The molecule has 19 heavy (non-hydrogen) atoms. The molecule has 1 saturated heterocycles. The van der Waals surface area contributed by atoms with Gasteiger partial charge in [0, 0.05) is 19.6 Å². The number of sulfonamides is 1. The minimum Gasteiger partial charge on any atom is -0.398 e. The van der Waals surface area contributed by atoms with Gasteiger partial charge in [0.25, 0.3) is 0 Å². The Labute approximate surface area is 115 Å². The summed E-state index contributed by atoms with van der Waals surface area (Å²) in [6, 6.07) is 5.21. The Balaban J connectivity index is 2.37. The van der Waals surface area contributed by atoms with Crippen molar-refractivity contribution in [2.75, 3.05) is 39.0 Å².